The van der Waals surface area contributed by atoms with Gasteiger partial charge in [0.15, 0.2) is 0 Å². The molecule has 2 aromatic carbocycles. The molecule has 0 fully saturated rings. The summed E-state index contributed by atoms with van der Waals surface area (Å²) >= 11 is 12.2. The Bertz CT molecular complexity index is 1140. The normalized spacial score (nSPS) is 10.7. The minimum Gasteiger partial charge on any atom is -0.322 e. The zero-order chi connectivity index (χ0) is 18.8. The van der Waals surface area contributed by atoms with Crippen molar-refractivity contribution >= 4 is 45.6 Å². The van der Waals surface area contributed by atoms with Crippen molar-refractivity contribution in [2.45, 2.75) is 0 Å². The molecule has 2 heterocycles. The Kier molecular flexibility index (Phi) is 4.75. The van der Waals surface area contributed by atoms with E-state index in [9.17, 15) is 4.79 Å². The molecule has 0 saturated carbocycles. The van der Waals surface area contributed by atoms with Crippen LogP contribution in [0.25, 0.3) is 22.0 Å². The third-order valence-electron chi connectivity index (χ3n) is 4.14. The van der Waals surface area contributed by atoms with Gasteiger partial charge in [-0.2, -0.15) is 0 Å². The highest BCUT2D eigenvalue weighted by Crippen LogP contribution is 2.33. The summed E-state index contributed by atoms with van der Waals surface area (Å²) < 4.78 is 0. The van der Waals surface area contributed by atoms with Crippen molar-refractivity contribution in [2.75, 3.05) is 5.32 Å². The van der Waals surface area contributed by atoms with Gasteiger partial charge in [-0.05, 0) is 41.8 Å². The topological polar surface area (TPSA) is 54.9 Å². The van der Waals surface area contributed by atoms with E-state index in [2.05, 4.69) is 15.3 Å². The molecule has 0 aliphatic heterocycles. The molecule has 27 heavy (non-hydrogen) atoms. The second kappa shape index (κ2) is 7.35. The van der Waals surface area contributed by atoms with Gasteiger partial charge in [0.25, 0.3) is 5.91 Å². The molecule has 4 aromatic rings. The number of benzene rings is 2. The van der Waals surface area contributed by atoms with Crippen LogP contribution in [0.1, 0.15) is 10.4 Å². The third kappa shape index (κ3) is 3.63. The number of carbonyl (C=O) groups excluding carboxylic acids is 1. The van der Waals surface area contributed by atoms with E-state index < -0.39 is 0 Å². The zero-order valence-electron chi connectivity index (χ0n) is 14.0. The number of pyridine rings is 2. The number of amides is 1. The highest BCUT2D eigenvalue weighted by atomic mass is 35.5. The largest absolute Gasteiger partial charge is 0.322 e. The van der Waals surface area contributed by atoms with Gasteiger partial charge in [0.05, 0.1) is 16.3 Å². The van der Waals surface area contributed by atoms with Crippen molar-refractivity contribution in [3.05, 3.63) is 88.8 Å². The predicted octanol–water partition coefficient (Wildman–Crippen LogP) is 5.86. The molecule has 0 bridgehead atoms. The summed E-state index contributed by atoms with van der Waals surface area (Å²) in [6, 6.07) is 18.4. The number of nitrogens with one attached hydrogen (secondary N) is 1. The monoisotopic (exact) mass is 393 g/mol. The Hall–Kier alpha value is -2.95. The predicted molar refractivity (Wildman–Crippen MR) is 109 cm³/mol. The van der Waals surface area contributed by atoms with Gasteiger partial charge in [0.1, 0.15) is 5.15 Å². The summed E-state index contributed by atoms with van der Waals surface area (Å²) in [6.45, 7) is 0. The fraction of sp³-hybridized carbons (Fsp3) is 0. The third-order valence-corrected chi connectivity index (χ3v) is 4.70. The number of hydrogen-bond acceptors (Lipinski definition) is 3. The molecule has 4 nitrogen and oxygen atoms in total. The molecule has 1 N–H and O–H groups in total. The second-order valence-electron chi connectivity index (χ2n) is 5.90. The minimum absolute atomic E-state index is 0.279. The highest BCUT2D eigenvalue weighted by molar-refractivity contribution is 6.33. The number of carbonyl (C=O) groups is 1. The van der Waals surface area contributed by atoms with Crippen LogP contribution in [0.15, 0.2) is 73.1 Å². The molecule has 0 aliphatic carbocycles. The van der Waals surface area contributed by atoms with E-state index in [1.165, 1.54) is 6.20 Å². The molecule has 0 saturated heterocycles. The van der Waals surface area contributed by atoms with Crippen LogP contribution in [-0.2, 0) is 0 Å². The molecule has 0 atom stereocenters. The maximum absolute atomic E-state index is 12.4. The molecule has 0 spiro atoms. The van der Waals surface area contributed by atoms with E-state index in [1.807, 2.05) is 36.4 Å². The molecule has 1 amide bonds. The number of fused-ring (bicyclic) bond motifs is 1. The van der Waals surface area contributed by atoms with Crippen molar-refractivity contribution in [3.63, 3.8) is 0 Å². The lowest BCUT2D eigenvalue weighted by Crippen LogP contribution is -2.12. The molecule has 4 rings (SSSR count). The van der Waals surface area contributed by atoms with E-state index in [0.717, 1.165) is 22.0 Å². The number of hydrogen-bond donors (Lipinski definition) is 1. The van der Waals surface area contributed by atoms with Crippen molar-refractivity contribution in [3.8, 4) is 11.3 Å². The summed E-state index contributed by atoms with van der Waals surface area (Å²) in [5, 5.41) is 5.81. The Labute approximate surface area is 165 Å². The van der Waals surface area contributed by atoms with E-state index in [0.29, 0.717) is 21.4 Å². The van der Waals surface area contributed by atoms with Crippen LogP contribution in [0.3, 0.4) is 0 Å². The Morgan fingerprint density at radius 1 is 0.926 bits per heavy atom. The van der Waals surface area contributed by atoms with Gasteiger partial charge in [-0.1, -0.05) is 47.5 Å². The number of anilines is 1. The van der Waals surface area contributed by atoms with Crippen LogP contribution in [0.4, 0.5) is 5.69 Å². The van der Waals surface area contributed by atoms with Gasteiger partial charge in [-0.15, -0.1) is 0 Å². The van der Waals surface area contributed by atoms with Gasteiger partial charge in [0.2, 0.25) is 0 Å². The fourth-order valence-corrected chi connectivity index (χ4v) is 3.15. The summed E-state index contributed by atoms with van der Waals surface area (Å²) in [4.78, 5) is 20.9. The first-order valence-electron chi connectivity index (χ1n) is 8.18. The van der Waals surface area contributed by atoms with Gasteiger partial charge >= 0.3 is 0 Å². The number of nitrogens with zero attached hydrogens (tertiary/aromatic N) is 2. The zero-order valence-corrected chi connectivity index (χ0v) is 15.5. The summed E-state index contributed by atoms with van der Waals surface area (Å²) in [5.74, 6) is -0.279. The van der Waals surface area contributed by atoms with E-state index in [4.69, 9.17) is 23.2 Å². The standard InChI is InChI=1S/C21H13Cl2N3O/c22-18-7-6-15(26-21(27)14-5-8-19(23)25-12-14)11-17(18)20-16-4-2-1-3-13(16)9-10-24-20/h1-12H,(H,26,27). The van der Waals surface area contributed by atoms with Crippen LogP contribution in [0, 0.1) is 0 Å². The number of rotatable bonds is 3. The summed E-state index contributed by atoms with van der Waals surface area (Å²) in [6.07, 6.45) is 3.18. The average molecular weight is 394 g/mol. The average Bonchev–Trinajstić information content (AvgIpc) is 2.69. The number of aromatic nitrogens is 2. The lowest BCUT2D eigenvalue weighted by atomic mass is 10.0. The first kappa shape index (κ1) is 17.5. The maximum Gasteiger partial charge on any atom is 0.257 e. The van der Waals surface area contributed by atoms with Crippen LogP contribution in [0.5, 0.6) is 0 Å². The van der Waals surface area contributed by atoms with E-state index >= 15 is 0 Å². The van der Waals surface area contributed by atoms with Crippen molar-refractivity contribution < 1.29 is 4.79 Å². The van der Waals surface area contributed by atoms with Crippen molar-refractivity contribution in [2.24, 2.45) is 0 Å². The van der Waals surface area contributed by atoms with Crippen molar-refractivity contribution in [1.82, 2.24) is 9.97 Å². The molecular formula is C21H13Cl2N3O. The molecular weight excluding hydrogens is 381 g/mol. The van der Waals surface area contributed by atoms with E-state index in [-0.39, 0.29) is 5.91 Å². The Morgan fingerprint density at radius 3 is 2.59 bits per heavy atom. The van der Waals surface area contributed by atoms with Crippen molar-refractivity contribution in [1.29, 1.82) is 0 Å². The fourth-order valence-electron chi connectivity index (χ4n) is 2.83. The number of halogens is 2. The lowest BCUT2D eigenvalue weighted by Gasteiger charge is -2.11. The molecule has 0 radical (unpaired) electrons. The minimum atomic E-state index is -0.279. The van der Waals surface area contributed by atoms with Crippen LogP contribution < -0.4 is 5.32 Å². The molecule has 0 unspecified atom stereocenters. The SMILES string of the molecule is O=C(Nc1ccc(Cl)c(-c2nccc3ccccc23)c1)c1ccc(Cl)nc1. The van der Waals surface area contributed by atoms with Gasteiger partial charge in [-0.25, -0.2) is 4.98 Å². The molecule has 2 aromatic heterocycles. The summed E-state index contributed by atoms with van der Waals surface area (Å²) in [7, 11) is 0. The van der Waals surface area contributed by atoms with Gasteiger partial charge in [-0.3, -0.25) is 9.78 Å². The summed E-state index contributed by atoms with van der Waals surface area (Å²) in [5.41, 5.74) is 2.55. The molecule has 0 aliphatic rings. The first-order chi connectivity index (χ1) is 13.1. The second-order valence-corrected chi connectivity index (χ2v) is 6.69. The first-order valence-corrected chi connectivity index (χ1v) is 8.94. The molecule has 6 heteroatoms. The van der Waals surface area contributed by atoms with Crippen LogP contribution in [-0.4, -0.2) is 15.9 Å². The maximum atomic E-state index is 12.4. The molecule has 132 valence electrons. The Morgan fingerprint density at radius 2 is 1.78 bits per heavy atom. The highest BCUT2D eigenvalue weighted by Gasteiger charge is 2.12. The van der Waals surface area contributed by atoms with Crippen LogP contribution in [0.2, 0.25) is 10.2 Å². The Balaban J connectivity index is 1.71. The van der Waals surface area contributed by atoms with Gasteiger partial charge in [0, 0.05) is 29.0 Å². The van der Waals surface area contributed by atoms with Gasteiger partial charge < -0.3 is 5.32 Å². The quantitative estimate of drug-likeness (QED) is 0.443. The smallest absolute Gasteiger partial charge is 0.257 e. The lowest BCUT2D eigenvalue weighted by molar-refractivity contribution is 0.102. The van der Waals surface area contributed by atoms with Crippen LogP contribution >= 0.6 is 23.2 Å². The van der Waals surface area contributed by atoms with E-state index in [1.54, 1.807) is 30.5 Å².